The zero-order valence-electron chi connectivity index (χ0n) is 12.2. The van der Waals surface area contributed by atoms with Crippen LogP contribution < -0.4 is 5.32 Å². The molecule has 1 aliphatic carbocycles. The minimum Gasteiger partial charge on any atom is -0.480 e. The maximum atomic E-state index is 12.3. The molecule has 1 rings (SSSR count). The summed E-state index contributed by atoms with van der Waals surface area (Å²) in [5.74, 6) is -0.538. The molecule has 0 aromatic rings. The van der Waals surface area contributed by atoms with Gasteiger partial charge in [-0.25, -0.2) is 9.59 Å². The van der Waals surface area contributed by atoms with Gasteiger partial charge in [0, 0.05) is 19.7 Å². The fraction of sp³-hybridized carbons (Fsp3) is 0.714. The van der Waals surface area contributed by atoms with Gasteiger partial charge in [0.2, 0.25) is 0 Å². The second-order valence-electron chi connectivity index (χ2n) is 5.13. The molecule has 1 aliphatic rings. The van der Waals surface area contributed by atoms with Crippen molar-refractivity contribution in [3.05, 3.63) is 12.7 Å². The van der Waals surface area contributed by atoms with Crippen LogP contribution in [0.15, 0.2) is 12.7 Å². The van der Waals surface area contributed by atoms with E-state index in [0.29, 0.717) is 19.1 Å². The van der Waals surface area contributed by atoms with Gasteiger partial charge >= 0.3 is 12.0 Å². The molecule has 1 saturated carbocycles. The molecule has 0 aliphatic heterocycles. The summed E-state index contributed by atoms with van der Waals surface area (Å²) in [4.78, 5) is 25.0. The van der Waals surface area contributed by atoms with Gasteiger partial charge in [-0.2, -0.15) is 0 Å². The summed E-state index contributed by atoms with van der Waals surface area (Å²) in [6.45, 7) is 6.40. The van der Waals surface area contributed by atoms with Crippen molar-refractivity contribution in [2.24, 2.45) is 5.92 Å². The molecule has 2 unspecified atom stereocenters. The van der Waals surface area contributed by atoms with Gasteiger partial charge in [-0.15, -0.1) is 6.58 Å². The number of nitrogens with one attached hydrogen (secondary N) is 1. The number of urea groups is 1. The van der Waals surface area contributed by atoms with E-state index in [9.17, 15) is 9.59 Å². The molecule has 2 N–H and O–H groups in total. The van der Waals surface area contributed by atoms with Gasteiger partial charge in [0.05, 0.1) is 6.61 Å². The highest BCUT2D eigenvalue weighted by Gasteiger charge is 2.35. The molecular formula is C14H24N2O4. The lowest BCUT2D eigenvalue weighted by molar-refractivity contribution is -0.139. The molecule has 20 heavy (non-hydrogen) atoms. The Morgan fingerprint density at radius 2 is 2.20 bits per heavy atom. The maximum absolute atomic E-state index is 12.3. The largest absolute Gasteiger partial charge is 0.480 e. The number of hydrogen-bond acceptors (Lipinski definition) is 3. The van der Waals surface area contributed by atoms with Gasteiger partial charge in [0.1, 0.15) is 6.04 Å². The average molecular weight is 284 g/mol. The van der Waals surface area contributed by atoms with Gasteiger partial charge in [-0.3, -0.25) is 0 Å². The molecule has 0 radical (unpaired) electrons. The first-order chi connectivity index (χ1) is 9.51. The Morgan fingerprint density at radius 3 is 2.65 bits per heavy atom. The zero-order valence-corrected chi connectivity index (χ0v) is 12.2. The van der Waals surface area contributed by atoms with Gasteiger partial charge in [0.15, 0.2) is 0 Å². The number of carbonyl (C=O) groups is 2. The third-order valence-corrected chi connectivity index (χ3v) is 3.59. The number of carboxylic acids is 1. The van der Waals surface area contributed by atoms with Crippen LogP contribution in [-0.2, 0) is 9.53 Å². The molecule has 6 nitrogen and oxygen atoms in total. The van der Waals surface area contributed by atoms with E-state index in [-0.39, 0.29) is 18.5 Å². The van der Waals surface area contributed by atoms with Crippen LogP contribution in [-0.4, -0.2) is 54.4 Å². The van der Waals surface area contributed by atoms with Crippen molar-refractivity contribution < 1.29 is 19.4 Å². The van der Waals surface area contributed by atoms with Crippen LogP contribution in [0.2, 0.25) is 0 Å². The first kappa shape index (κ1) is 16.5. The summed E-state index contributed by atoms with van der Waals surface area (Å²) in [6, 6.07) is -1.18. The number of ether oxygens (including phenoxy) is 1. The van der Waals surface area contributed by atoms with Crippen molar-refractivity contribution in [1.82, 2.24) is 10.2 Å². The predicted octanol–water partition coefficient (Wildman–Crippen LogP) is 1.47. The van der Waals surface area contributed by atoms with E-state index >= 15 is 0 Å². The molecule has 2 amide bonds. The van der Waals surface area contributed by atoms with Gasteiger partial charge in [-0.05, 0) is 32.1 Å². The highest BCUT2D eigenvalue weighted by molar-refractivity contribution is 5.82. The quantitative estimate of drug-likeness (QED) is 0.628. The van der Waals surface area contributed by atoms with E-state index in [4.69, 9.17) is 9.84 Å². The molecule has 0 bridgehead atoms. The number of amides is 2. The highest BCUT2D eigenvalue weighted by Crippen LogP contribution is 2.35. The lowest BCUT2D eigenvalue weighted by atomic mass is 10.2. The summed E-state index contributed by atoms with van der Waals surface area (Å²) in [5, 5.41) is 11.6. The standard InChI is InChI=1S/C14H24N2O4/c1-4-5-12(13(17)18)15-14(19)16(8-9-20-3)10(2)11-6-7-11/h4,10-12H,1,5-9H2,2-3H3,(H,15,19)(H,17,18). The van der Waals surface area contributed by atoms with Crippen molar-refractivity contribution >= 4 is 12.0 Å². The van der Waals surface area contributed by atoms with E-state index in [2.05, 4.69) is 11.9 Å². The SMILES string of the molecule is C=CCC(NC(=O)N(CCOC)C(C)C1CC1)C(=O)O. The summed E-state index contributed by atoms with van der Waals surface area (Å²) >= 11 is 0. The van der Waals surface area contributed by atoms with Gasteiger partial charge in [0.25, 0.3) is 0 Å². The molecule has 114 valence electrons. The molecule has 6 heteroatoms. The monoisotopic (exact) mass is 284 g/mol. The zero-order chi connectivity index (χ0) is 15.1. The first-order valence-corrected chi connectivity index (χ1v) is 6.91. The van der Waals surface area contributed by atoms with Crippen LogP contribution >= 0.6 is 0 Å². The molecule has 0 aromatic heterocycles. The summed E-state index contributed by atoms with van der Waals surface area (Å²) in [6.07, 6.45) is 3.93. The minimum absolute atomic E-state index is 0.100. The lowest BCUT2D eigenvalue weighted by Gasteiger charge is -2.30. The molecule has 0 aromatic carbocycles. The Hall–Kier alpha value is -1.56. The van der Waals surface area contributed by atoms with Crippen LogP contribution in [0.3, 0.4) is 0 Å². The van der Waals surface area contributed by atoms with Crippen molar-refractivity contribution in [1.29, 1.82) is 0 Å². The number of aliphatic carboxylic acids is 1. The van der Waals surface area contributed by atoms with E-state index in [1.54, 1.807) is 12.0 Å². The van der Waals surface area contributed by atoms with Crippen LogP contribution in [0.5, 0.6) is 0 Å². The Kier molecular flexibility index (Phi) is 6.51. The van der Waals surface area contributed by atoms with E-state index < -0.39 is 12.0 Å². The van der Waals surface area contributed by atoms with Crippen LogP contribution in [0, 0.1) is 5.92 Å². The first-order valence-electron chi connectivity index (χ1n) is 6.91. The topological polar surface area (TPSA) is 78.9 Å². The predicted molar refractivity (Wildman–Crippen MR) is 75.5 cm³/mol. The number of carbonyl (C=O) groups excluding carboxylic acids is 1. The molecule has 1 fully saturated rings. The van der Waals surface area contributed by atoms with Gasteiger partial charge < -0.3 is 20.1 Å². The normalized spacial score (nSPS) is 17.1. The van der Waals surface area contributed by atoms with Crippen molar-refractivity contribution in [2.45, 2.75) is 38.3 Å². The summed E-state index contributed by atoms with van der Waals surface area (Å²) < 4.78 is 5.02. The van der Waals surface area contributed by atoms with Crippen LogP contribution in [0.1, 0.15) is 26.2 Å². The Morgan fingerprint density at radius 1 is 1.55 bits per heavy atom. The molecule has 0 saturated heterocycles. The second-order valence-corrected chi connectivity index (χ2v) is 5.13. The number of methoxy groups -OCH3 is 1. The van der Waals surface area contributed by atoms with E-state index in [1.165, 1.54) is 6.08 Å². The Balaban J connectivity index is 2.65. The van der Waals surface area contributed by atoms with Crippen LogP contribution in [0.25, 0.3) is 0 Å². The average Bonchev–Trinajstić information content (AvgIpc) is 3.22. The third kappa shape index (κ3) is 4.85. The fourth-order valence-corrected chi connectivity index (χ4v) is 2.13. The third-order valence-electron chi connectivity index (χ3n) is 3.59. The fourth-order valence-electron chi connectivity index (χ4n) is 2.13. The van der Waals surface area contributed by atoms with Gasteiger partial charge in [-0.1, -0.05) is 6.08 Å². The number of nitrogens with zero attached hydrogens (tertiary/aromatic N) is 1. The molecule has 0 heterocycles. The highest BCUT2D eigenvalue weighted by atomic mass is 16.5. The Bertz CT molecular complexity index is 355. The summed E-state index contributed by atoms with van der Waals surface area (Å²) in [5.41, 5.74) is 0. The number of carboxylic acid groups (broad SMARTS) is 1. The van der Waals surface area contributed by atoms with Crippen LogP contribution in [0.4, 0.5) is 4.79 Å². The Labute approximate surface area is 119 Å². The number of rotatable bonds is 9. The van der Waals surface area contributed by atoms with Crippen molar-refractivity contribution in [3.63, 3.8) is 0 Å². The maximum Gasteiger partial charge on any atom is 0.326 e. The molecule has 0 spiro atoms. The minimum atomic E-state index is -1.05. The smallest absolute Gasteiger partial charge is 0.326 e. The molecule has 2 atom stereocenters. The van der Waals surface area contributed by atoms with Crippen molar-refractivity contribution in [3.8, 4) is 0 Å². The summed E-state index contributed by atoms with van der Waals surface area (Å²) in [7, 11) is 1.58. The van der Waals surface area contributed by atoms with E-state index in [1.807, 2.05) is 6.92 Å². The van der Waals surface area contributed by atoms with Crippen molar-refractivity contribution in [2.75, 3.05) is 20.3 Å². The van der Waals surface area contributed by atoms with E-state index in [0.717, 1.165) is 12.8 Å². The second kappa shape index (κ2) is 7.89. The lowest BCUT2D eigenvalue weighted by Crippen LogP contribution is -2.52. The number of hydrogen-bond donors (Lipinski definition) is 2. The molecular weight excluding hydrogens is 260 g/mol.